The normalized spacial score (nSPS) is 14.7. The molecule has 0 bridgehead atoms. The van der Waals surface area contributed by atoms with Gasteiger partial charge in [-0.15, -0.1) is 0 Å². The monoisotopic (exact) mass is 405 g/mol. The lowest BCUT2D eigenvalue weighted by atomic mass is 10.2. The Morgan fingerprint density at radius 2 is 1.93 bits per heavy atom. The summed E-state index contributed by atoms with van der Waals surface area (Å²) in [6.45, 7) is 7.78. The lowest BCUT2D eigenvalue weighted by Crippen LogP contribution is -2.43. The summed E-state index contributed by atoms with van der Waals surface area (Å²) in [6.07, 6.45) is 3.59. The highest BCUT2D eigenvalue weighted by molar-refractivity contribution is 6.02. The van der Waals surface area contributed by atoms with E-state index in [1.54, 1.807) is 18.3 Å². The number of aromatic nitrogens is 4. The van der Waals surface area contributed by atoms with Gasteiger partial charge in [0, 0.05) is 49.5 Å². The third kappa shape index (κ3) is 3.33. The zero-order valence-corrected chi connectivity index (χ0v) is 17.1. The zero-order valence-electron chi connectivity index (χ0n) is 17.1. The summed E-state index contributed by atoms with van der Waals surface area (Å²) in [4.78, 5) is 15.7. The van der Waals surface area contributed by atoms with Crippen LogP contribution in [0.2, 0.25) is 0 Å². The topological polar surface area (TPSA) is 70.9 Å². The molecule has 0 spiro atoms. The van der Waals surface area contributed by atoms with E-state index in [4.69, 9.17) is 4.98 Å². The van der Waals surface area contributed by atoms with Gasteiger partial charge in [-0.1, -0.05) is 0 Å². The van der Waals surface area contributed by atoms with Crippen LogP contribution >= 0.6 is 0 Å². The van der Waals surface area contributed by atoms with Gasteiger partial charge in [0.25, 0.3) is 0 Å². The predicted molar refractivity (Wildman–Crippen MR) is 118 cm³/mol. The fraction of sp³-hybridized carbons (Fsp3) is 0.318. The van der Waals surface area contributed by atoms with Crippen molar-refractivity contribution in [3.8, 4) is 0 Å². The van der Waals surface area contributed by atoms with Crippen LogP contribution in [0.25, 0.3) is 21.9 Å². The molecule has 0 radical (unpaired) electrons. The molecule has 3 heterocycles. The van der Waals surface area contributed by atoms with Gasteiger partial charge >= 0.3 is 0 Å². The Morgan fingerprint density at radius 3 is 2.70 bits per heavy atom. The Morgan fingerprint density at radius 1 is 1.10 bits per heavy atom. The summed E-state index contributed by atoms with van der Waals surface area (Å²) >= 11 is 0. The number of anilines is 3. The van der Waals surface area contributed by atoms with Gasteiger partial charge in [-0.05, 0) is 44.2 Å². The minimum absolute atomic E-state index is 0.252. The lowest BCUT2D eigenvalue weighted by molar-refractivity contribution is 0.585. The van der Waals surface area contributed by atoms with E-state index in [0.29, 0.717) is 11.6 Å². The number of fused-ring (bicyclic) bond motifs is 3. The molecule has 8 heteroatoms. The number of rotatable bonds is 4. The molecule has 7 nitrogen and oxygen atoms in total. The number of piperazine rings is 1. The van der Waals surface area contributed by atoms with Gasteiger partial charge in [0.1, 0.15) is 11.3 Å². The Labute approximate surface area is 174 Å². The van der Waals surface area contributed by atoms with Crippen molar-refractivity contribution in [1.29, 1.82) is 0 Å². The smallest absolute Gasteiger partial charge is 0.227 e. The minimum Gasteiger partial charge on any atom is -0.369 e. The summed E-state index contributed by atoms with van der Waals surface area (Å²) < 4.78 is 16.9. The number of nitrogens with zero attached hydrogens (tertiary/aromatic N) is 5. The highest BCUT2D eigenvalue weighted by Crippen LogP contribution is 2.28. The number of halogens is 1. The van der Waals surface area contributed by atoms with Gasteiger partial charge < -0.3 is 20.1 Å². The fourth-order valence-corrected chi connectivity index (χ4v) is 3.91. The van der Waals surface area contributed by atoms with Crippen LogP contribution in [0, 0.1) is 5.82 Å². The summed E-state index contributed by atoms with van der Waals surface area (Å²) in [6, 6.07) is 9.44. The van der Waals surface area contributed by atoms with E-state index in [1.807, 2.05) is 24.5 Å². The molecule has 0 atom stereocenters. The molecule has 154 valence electrons. The SMILES string of the molecule is CC(C)n1cnc2ccc3cnc(Nc4ccc(N5CCNCC5)cc4F)nc3c21. The van der Waals surface area contributed by atoms with E-state index in [0.717, 1.165) is 53.8 Å². The van der Waals surface area contributed by atoms with Crippen molar-refractivity contribution in [2.24, 2.45) is 0 Å². The molecule has 2 aromatic heterocycles. The summed E-state index contributed by atoms with van der Waals surface area (Å²) in [7, 11) is 0. The van der Waals surface area contributed by atoms with Gasteiger partial charge in [-0.2, -0.15) is 0 Å². The van der Waals surface area contributed by atoms with Crippen LogP contribution in [0.5, 0.6) is 0 Å². The molecule has 4 aromatic rings. The van der Waals surface area contributed by atoms with Gasteiger partial charge in [0.2, 0.25) is 5.95 Å². The van der Waals surface area contributed by atoms with Crippen molar-refractivity contribution < 1.29 is 4.39 Å². The third-order valence-electron chi connectivity index (χ3n) is 5.52. The predicted octanol–water partition coefficient (Wildman–Crippen LogP) is 3.85. The van der Waals surface area contributed by atoms with Gasteiger partial charge in [-0.3, -0.25) is 0 Å². The molecular formula is C22H24FN7. The maximum atomic E-state index is 14.8. The number of hydrogen-bond acceptors (Lipinski definition) is 6. The first-order valence-corrected chi connectivity index (χ1v) is 10.2. The van der Waals surface area contributed by atoms with Crippen molar-refractivity contribution in [3.63, 3.8) is 0 Å². The second-order valence-electron chi connectivity index (χ2n) is 7.84. The Kier molecular flexibility index (Phi) is 4.71. The minimum atomic E-state index is -0.319. The molecule has 1 fully saturated rings. The molecule has 5 rings (SSSR count). The Balaban J connectivity index is 1.49. The average molecular weight is 405 g/mol. The van der Waals surface area contributed by atoms with Crippen molar-refractivity contribution in [2.45, 2.75) is 19.9 Å². The molecule has 2 aromatic carbocycles. The highest BCUT2D eigenvalue weighted by atomic mass is 19.1. The first kappa shape index (κ1) is 18.7. The first-order chi connectivity index (χ1) is 14.6. The highest BCUT2D eigenvalue weighted by Gasteiger charge is 2.15. The van der Waals surface area contributed by atoms with Crippen molar-refractivity contribution in [3.05, 3.63) is 48.7 Å². The molecule has 1 aliphatic heterocycles. The zero-order chi connectivity index (χ0) is 20.7. The summed E-state index contributed by atoms with van der Waals surface area (Å²) in [5.74, 6) is 0.0421. The van der Waals surface area contributed by atoms with Gasteiger partial charge in [-0.25, -0.2) is 19.3 Å². The van der Waals surface area contributed by atoms with Gasteiger partial charge in [0.15, 0.2) is 0 Å². The van der Waals surface area contributed by atoms with E-state index in [2.05, 4.69) is 43.9 Å². The fourth-order valence-electron chi connectivity index (χ4n) is 3.91. The molecule has 0 aliphatic carbocycles. The standard InChI is InChI=1S/C22H24FN7/c1-14(2)30-13-26-19-5-3-15-12-25-22(28-20(15)21(19)30)27-18-6-4-16(11-17(18)23)29-9-7-24-8-10-29/h3-6,11-14,24H,7-10H2,1-2H3,(H,25,27,28). The molecule has 0 saturated carbocycles. The van der Waals surface area contributed by atoms with Crippen molar-refractivity contribution in [2.75, 3.05) is 36.4 Å². The Hall–Kier alpha value is -3.26. The van der Waals surface area contributed by atoms with E-state index in [-0.39, 0.29) is 11.9 Å². The van der Waals surface area contributed by atoms with Crippen LogP contribution in [0.1, 0.15) is 19.9 Å². The molecule has 2 N–H and O–H groups in total. The molecule has 1 aliphatic rings. The van der Waals surface area contributed by atoms with E-state index < -0.39 is 0 Å². The van der Waals surface area contributed by atoms with Crippen LogP contribution in [0.4, 0.5) is 21.7 Å². The van der Waals surface area contributed by atoms with Gasteiger partial charge in [0.05, 0.1) is 23.0 Å². The first-order valence-electron chi connectivity index (χ1n) is 10.2. The van der Waals surface area contributed by atoms with Crippen LogP contribution in [-0.2, 0) is 0 Å². The molecular weight excluding hydrogens is 381 g/mol. The maximum Gasteiger partial charge on any atom is 0.227 e. The number of imidazole rings is 1. The molecule has 0 unspecified atom stereocenters. The van der Waals surface area contributed by atoms with Crippen LogP contribution < -0.4 is 15.5 Å². The lowest BCUT2D eigenvalue weighted by Gasteiger charge is -2.29. The molecule has 0 amide bonds. The second kappa shape index (κ2) is 7.53. The number of hydrogen-bond donors (Lipinski definition) is 2. The largest absolute Gasteiger partial charge is 0.369 e. The Bertz CT molecular complexity index is 1210. The van der Waals surface area contributed by atoms with E-state index in [9.17, 15) is 4.39 Å². The van der Waals surface area contributed by atoms with E-state index in [1.165, 1.54) is 0 Å². The maximum absolute atomic E-state index is 14.8. The summed E-state index contributed by atoms with van der Waals surface area (Å²) in [5.41, 5.74) is 3.89. The summed E-state index contributed by atoms with van der Waals surface area (Å²) in [5, 5.41) is 7.27. The molecule has 1 saturated heterocycles. The van der Waals surface area contributed by atoms with Crippen molar-refractivity contribution in [1.82, 2.24) is 24.8 Å². The third-order valence-corrected chi connectivity index (χ3v) is 5.52. The van der Waals surface area contributed by atoms with Crippen LogP contribution in [0.15, 0.2) is 42.9 Å². The number of benzene rings is 2. The second-order valence-corrected chi connectivity index (χ2v) is 7.84. The van der Waals surface area contributed by atoms with Crippen LogP contribution in [0.3, 0.4) is 0 Å². The quantitative estimate of drug-likeness (QED) is 0.537. The van der Waals surface area contributed by atoms with Crippen LogP contribution in [-0.4, -0.2) is 45.7 Å². The number of nitrogens with one attached hydrogen (secondary N) is 2. The molecule has 30 heavy (non-hydrogen) atoms. The van der Waals surface area contributed by atoms with Crippen molar-refractivity contribution >= 4 is 39.3 Å². The average Bonchev–Trinajstić information content (AvgIpc) is 3.21. The van der Waals surface area contributed by atoms with E-state index >= 15 is 0 Å².